The smallest absolute Gasteiger partial charge is 0.309 e. The standard InChI is InChI=1S/C13H15N3O2/c1-9-12(17)16(11-5-7-14-8-6-11)13(18)15(9)10-3-2-4-10/h5-10H,2-4H2,1H3/t9-/m1/s1. The molecule has 0 N–H and O–H groups in total. The topological polar surface area (TPSA) is 53.5 Å². The van der Waals surface area contributed by atoms with Crippen LogP contribution < -0.4 is 4.90 Å². The highest BCUT2D eigenvalue weighted by atomic mass is 16.2. The van der Waals surface area contributed by atoms with Gasteiger partial charge in [0.1, 0.15) is 6.04 Å². The Morgan fingerprint density at radius 1 is 1.22 bits per heavy atom. The molecule has 3 rings (SSSR count). The molecule has 1 aromatic heterocycles. The lowest BCUT2D eigenvalue weighted by Crippen LogP contribution is -2.45. The lowest BCUT2D eigenvalue weighted by molar-refractivity contribution is -0.119. The molecule has 0 radical (unpaired) electrons. The number of carbonyl (C=O) groups excluding carboxylic acids is 2. The first-order valence-corrected chi connectivity index (χ1v) is 6.26. The van der Waals surface area contributed by atoms with Crippen LogP contribution >= 0.6 is 0 Å². The predicted octanol–water partition coefficient (Wildman–Crippen LogP) is 1.79. The first-order valence-electron chi connectivity index (χ1n) is 6.26. The first kappa shape index (κ1) is 11.2. The summed E-state index contributed by atoms with van der Waals surface area (Å²) in [5, 5.41) is 0. The van der Waals surface area contributed by atoms with Gasteiger partial charge >= 0.3 is 6.03 Å². The fraction of sp³-hybridized carbons (Fsp3) is 0.462. The number of rotatable bonds is 2. The molecular weight excluding hydrogens is 230 g/mol. The van der Waals surface area contributed by atoms with Crippen molar-refractivity contribution in [1.29, 1.82) is 0 Å². The van der Waals surface area contributed by atoms with Gasteiger partial charge in [-0.15, -0.1) is 0 Å². The quantitative estimate of drug-likeness (QED) is 0.746. The first-order chi connectivity index (χ1) is 8.70. The van der Waals surface area contributed by atoms with Crippen LogP contribution in [0.15, 0.2) is 24.5 Å². The van der Waals surface area contributed by atoms with E-state index >= 15 is 0 Å². The average molecular weight is 245 g/mol. The Labute approximate surface area is 105 Å². The van der Waals surface area contributed by atoms with E-state index in [1.165, 1.54) is 4.90 Å². The second-order valence-corrected chi connectivity index (χ2v) is 4.83. The summed E-state index contributed by atoms with van der Waals surface area (Å²) >= 11 is 0. The van der Waals surface area contributed by atoms with E-state index in [1.807, 2.05) is 0 Å². The zero-order valence-electron chi connectivity index (χ0n) is 10.2. The number of hydrogen-bond acceptors (Lipinski definition) is 3. The minimum atomic E-state index is -0.351. The Kier molecular flexibility index (Phi) is 2.54. The van der Waals surface area contributed by atoms with E-state index in [0.29, 0.717) is 5.69 Å². The summed E-state index contributed by atoms with van der Waals surface area (Å²) in [5.74, 6) is -0.141. The number of imide groups is 1. The Balaban J connectivity index is 1.92. The maximum atomic E-state index is 12.4. The van der Waals surface area contributed by atoms with Crippen molar-refractivity contribution in [2.45, 2.75) is 38.3 Å². The van der Waals surface area contributed by atoms with Gasteiger partial charge in [-0.3, -0.25) is 9.78 Å². The molecule has 0 aromatic carbocycles. The molecular formula is C13H15N3O2. The van der Waals surface area contributed by atoms with Crippen LogP contribution in [-0.4, -0.2) is 33.9 Å². The van der Waals surface area contributed by atoms with Gasteiger partial charge in [-0.2, -0.15) is 0 Å². The largest absolute Gasteiger partial charge is 0.332 e. The Bertz CT molecular complexity index is 484. The minimum absolute atomic E-state index is 0.141. The highest BCUT2D eigenvalue weighted by Crippen LogP contribution is 2.33. The Morgan fingerprint density at radius 2 is 1.89 bits per heavy atom. The summed E-state index contributed by atoms with van der Waals surface area (Å²) in [4.78, 5) is 31.5. The highest BCUT2D eigenvalue weighted by Gasteiger charge is 2.47. The van der Waals surface area contributed by atoms with E-state index in [0.717, 1.165) is 19.3 Å². The van der Waals surface area contributed by atoms with Crippen molar-refractivity contribution >= 4 is 17.6 Å². The van der Waals surface area contributed by atoms with Crippen molar-refractivity contribution in [3.63, 3.8) is 0 Å². The van der Waals surface area contributed by atoms with Gasteiger partial charge in [-0.25, -0.2) is 9.69 Å². The second-order valence-electron chi connectivity index (χ2n) is 4.83. The van der Waals surface area contributed by atoms with Crippen LogP contribution in [0.1, 0.15) is 26.2 Å². The van der Waals surface area contributed by atoms with Crippen LogP contribution in [0.3, 0.4) is 0 Å². The van der Waals surface area contributed by atoms with Gasteiger partial charge in [0.2, 0.25) is 0 Å². The van der Waals surface area contributed by atoms with Gasteiger partial charge in [0.05, 0.1) is 5.69 Å². The molecule has 3 amide bonds. The number of urea groups is 1. The summed E-state index contributed by atoms with van der Waals surface area (Å²) in [5.41, 5.74) is 0.605. The molecule has 1 saturated carbocycles. The van der Waals surface area contributed by atoms with Crippen LogP contribution in [0.2, 0.25) is 0 Å². The summed E-state index contributed by atoms with van der Waals surface area (Å²) < 4.78 is 0. The normalized spacial score (nSPS) is 24.6. The number of amides is 3. The number of hydrogen-bond donors (Lipinski definition) is 0. The Hall–Kier alpha value is -1.91. The van der Waals surface area contributed by atoms with Crippen molar-refractivity contribution in [2.24, 2.45) is 0 Å². The van der Waals surface area contributed by atoms with Crippen LogP contribution in [0.4, 0.5) is 10.5 Å². The van der Waals surface area contributed by atoms with Crippen LogP contribution in [0, 0.1) is 0 Å². The molecule has 1 atom stereocenters. The van der Waals surface area contributed by atoms with E-state index < -0.39 is 0 Å². The molecule has 1 saturated heterocycles. The Morgan fingerprint density at radius 3 is 2.44 bits per heavy atom. The molecule has 5 nitrogen and oxygen atoms in total. The van der Waals surface area contributed by atoms with E-state index in [2.05, 4.69) is 4.98 Å². The third-order valence-electron chi connectivity index (χ3n) is 3.80. The molecule has 2 aliphatic rings. The maximum absolute atomic E-state index is 12.4. The van der Waals surface area contributed by atoms with Crippen molar-refractivity contribution < 1.29 is 9.59 Å². The third kappa shape index (κ3) is 1.50. The number of pyridine rings is 1. The lowest BCUT2D eigenvalue weighted by atomic mass is 9.91. The van der Waals surface area contributed by atoms with Gasteiger partial charge in [0.15, 0.2) is 0 Å². The molecule has 0 spiro atoms. The maximum Gasteiger partial charge on any atom is 0.332 e. The van der Waals surface area contributed by atoms with Gasteiger partial charge in [-0.1, -0.05) is 0 Å². The zero-order chi connectivity index (χ0) is 12.7. The van der Waals surface area contributed by atoms with Gasteiger partial charge in [-0.05, 0) is 38.3 Å². The molecule has 0 unspecified atom stereocenters. The fourth-order valence-electron chi connectivity index (χ4n) is 2.55. The molecule has 18 heavy (non-hydrogen) atoms. The average Bonchev–Trinajstić information content (AvgIpc) is 2.53. The molecule has 94 valence electrons. The van der Waals surface area contributed by atoms with Crippen molar-refractivity contribution in [1.82, 2.24) is 9.88 Å². The van der Waals surface area contributed by atoms with E-state index in [9.17, 15) is 9.59 Å². The molecule has 0 bridgehead atoms. The molecule has 5 heteroatoms. The summed E-state index contributed by atoms with van der Waals surface area (Å²) in [6.07, 6.45) is 6.34. The van der Waals surface area contributed by atoms with Crippen molar-refractivity contribution in [3.05, 3.63) is 24.5 Å². The molecule has 1 aromatic rings. The molecule has 2 fully saturated rings. The van der Waals surface area contributed by atoms with Gasteiger partial charge in [0.25, 0.3) is 5.91 Å². The summed E-state index contributed by atoms with van der Waals surface area (Å²) in [7, 11) is 0. The summed E-state index contributed by atoms with van der Waals surface area (Å²) in [6.45, 7) is 1.81. The van der Waals surface area contributed by atoms with Gasteiger partial charge in [0, 0.05) is 18.4 Å². The zero-order valence-corrected chi connectivity index (χ0v) is 10.2. The van der Waals surface area contributed by atoms with E-state index in [-0.39, 0.29) is 24.0 Å². The SMILES string of the molecule is C[C@@H]1C(=O)N(c2ccncc2)C(=O)N1C1CCC1. The number of nitrogens with zero attached hydrogens (tertiary/aromatic N) is 3. The van der Waals surface area contributed by atoms with E-state index in [4.69, 9.17) is 0 Å². The molecule has 1 aliphatic heterocycles. The van der Waals surface area contributed by atoms with Crippen molar-refractivity contribution in [2.75, 3.05) is 4.90 Å². The second kappa shape index (κ2) is 4.08. The molecule has 2 heterocycles. The van der Waals surface area contributed by atoms with Gasteiger partial charge < -0.3 is 4.90 Å². The van der Waals surface area contributed by atoms with Crippen LogP contribution in [-0.2, 0) is 4.79 Å². The lowest BCUT2D eigenvalue weighted by Gasteiger charge is -2.35. The summed E-state index contributed by atoms with van der Waals surface area (Å²) in [6, 6.07) is 3.07. The monoisotopic (exact) mass is 245 g/mol. The van der Waals surface area contributed by atoms with Crippen LogP contribution in [0.5, 0.6) is 0 Å². The minimum Gasteiger partial charge on any atom is -0.309 e. The number of anilines is 1. The predicted molar refractivity (Wildman–Crippen MR) is 66.1 cm³/mol. The van der Waals surface area contributed by atoms with Crippen LogP contribution in [0.25, 0.3) is 0 Å². The molecule has 1 aliphatic carbocycles. The highest BCUT2D eigenvalue weighted by molar-refractivity contribution is 6.21. The van der Waals surface area contributed by atoms with Crippen molar-refractivity contribution in [3.8, 4) is 0 Å². The third-order valence-corrected chi connectivity index (χ3v) is 3.80. The van der Waals surface area contributed by atoms with E-state index in [1.54, 1.807) is 36.4 Å². The fourth-order valence-corrected chi connectivity index (χ4v) is 2.55. The number of carbonyl (C=O) groups is 2. The number of aromatic nitrogens is 1.